The molecule has 1 amide bonds. The summed E-state index contributed by atoms with van der Waals surface area (Å²) in [6.45, 7) is 3.69. The quantitative estimate of drug-likeness (QED) is 0.695. The van der Waals surface area contributed by atoms with E-state index in [1.807, 2.05) is 30.3 Å². The molecule has 0 atom stereocenters. The number of nitrogens with one attached hydrogen (secondary N) is 2. The summed E-state index contributed by atoms with van der Waals surface area (Å²) >= 11 is 0. The number of anilines is 1. The van der Waals surface area contributed by atoms with Crippen molar-refractivity contribution in [1.82, 2.24) is 10.3 Å². The maximum absolute atomic E-state index is 11.9. The van der Waals surface area contributed by atoms with Crippen molar-refractivity contribution in [2.24, 2.45) is 0 Å². The Morgan fingerprint density at radius 3 is 2.57 bits per heavy atom. The van der Waals surface area contributed by atoms with Crippen LogP contribution < -0.4 is 10.6 Å². The Hall–Kier alpha value is -2.36. The fourth-order valence-electron chi connectivity index (χ4n) is 2.29. The highest BCUT2D eigenvalue weighted by Gasteiger charge is 2.05. The molecule has 122 valence electrons. The Balaban J connectivity index is 1.74. The van der Waals surface area contributed by atoms with E-state index in [4.69, 9.17) is 0 Å². The van der Waals surface area contributed by atoms with E-state index in [-0.39, 0.29) is 5.91 Å². The topological polar surface area (TPSA) is 54.0 Å². The minimum atomic E-state index is -0.0514. The van der Waals surface area contributed by atoms with Crippen LogP contribution in [0.1, 0.15) is 42.1 Å². The van der Waals surface area contributed by atoms with Crippen molar-refractivity contribution < 1.29 is 4.79 Å². The molecule has 0 bridgehead atoms. The molecule has 1 aromatic carbocycles. The molecule has 2 rings (SSSR count). The summed E-state index contributed by atoms with van der Waals surface area (Å²) in [5.74, 6) is 0.743. The molecule has 23 heavy (non-hydrogen) atoms. The van der Waals surface area contributed by atoms with Crippen molar-refractivity contribution in [3.8, 4) is 0 Å². The first-order valence-corrected chi connectivity index (χ1v) is 8.31. The number of hydrogen-bond acceptors (Lipinski definition) is 3. The largest absolute Gasteiger partial charge is 0.370 e. The van der Waals surface area contributed by atoms with Gasteiger partial charge in [0.1, 0.15) is 5.82 Å². The minimum Gasteiger partial charge on any atom is -0.370 e. The second-order valence-electron chi connectivity index (χ2n) is 5.56. The summed E-state index contributed by atoms with van der Waals surface area (Å²) in [4.78, 5) is 16.3. The lowest BCUT2D eigenvalue weighted by molar-refractivity contribution is 0.0952. The number of carbonyl (C=O) groups excluding carboxylic acids is 1. The highest BCUT2D eigenvalue weighted by atomic mass is 16.1. The third-order valence-corrected chi connectivity index (χ3v) is 3.65. The lowest BCUT2D eigenvalue weighted by Gasteiger charge is -2.07. The second-order valence-corrected chi connectivity index (χ2v) is 5.56. The van der Waals surface area contributed by atoms with Crippen LogP contribution in [0.15, 0.2) is 48.7 Å². The van der Waals surface area contributed by atoms with Gasteiger partial charge in [-0.1, -0.05) is 50.1 Å². The number of rotatable bonds is 9. The zero-order chi connectivity index (χ0) is 16.3. The van der Waals surface area contributed by atoms with E-state index in [0.717, 1.165) is 44.6 Å². The molecule has 0 radical (unpaired) electrons. The molecule has 2 aromatic rings. The molecule has 4 heteroatoms. The SMILES string of the molecule is CCCCCNC(=O)c1ccc(NCCc2ccccc2)nc1. The molecular formula is C19H25N3O. The Morgan fingerprint density at radius 2 is 1.87 bits per heavy atom. The maximum atomic E-state index is 11.9. The number of amides is 1. The maximum Gasteiger partial charge on any atom is 0.252 e. The van der Waals surface area contributed by atoms with Gasteiger partial charge < -0.3 is 10.6 Å². The van der Waals surface area contributed by atoms with Crippen molar-refractivity contribution in [2.45, 2.75) is 32.6 Å². The predicted molar refractivity (Wildman–Crippen MR) is 94.7 cm³/mol. The van der Waals surface area contributed by atoms with Gasteiger partial charge in [0.15, 0.2) is 0 Å². The summed E-state index contributed by atoms with van der Waals surface area (Å²) in [5.41, 5.74) is 1.90. The van der Waals surface area contributed by atoms with Gasteiger partial charge in [-0.15, -0.1) is 0 Å². The van der Waals surface area contributed by atoms with E-state index in [9.17, 15) is 4.79 Å². The van der Waals surface area contributed by atoms with Crippen LogP contribution in [0.2, 0.25) is 0 Å². The van der Waals surface area contributed by atoms with Gasteiger partial charge in [0.05, 0.1) is 5.56 Å². The summed E-state index contributed by atoms with van der Waals surface area (Å²) in [5, 5.41) is 6.19. The van der Waals surface area contributed by atoms with Crippen molar-refractivity contribution in [2.75, 3.05) is 18.4 Å². The lowest BCUT2D eigenvalue weighted by Crippen LogP contribution is -2.24. The van der Waals surface area contributed by atoms with Gasteiger partial charge in [0.25, 0.3) is 5.91 Å². The van der Waals surface area contributed by atoms with Crippen LogP contribution in [-0.4, -0.2) is 24.0 Å². The third kappa shape index (κ3) is 6.10. The fraction of sp³-hybridized carbons (Fsp3) is 0.368. The predicted octanol–water partition coefficient (Wildman–Crippen LogP) is 3.66. The Morgan fingerprint density at radius 1 is 1.04 bits per heavy atom. The van der Waals surface area contributed by atoms with E-state index >= 15 is 0 Å². The van der Waals surface area contributed by atoms with Gasteiger partial charge in [0.2, 0.25) is 0 Å². The number of unbranched alkanes of at least 4 members (excludes halogenated alkanes) is 2. The molecule has 0 aliphatic heterocycles. The number of nitrogens with zero attached hydrogens (tertiary/aromatic N) is 1. The molecule has 0 saturated carbocycles. The van der Waals surface area contributed by atoms with Crippen LogP contribution >= 0.6 is 0 Å². The molecule has 4 nitrogen and oxygen atoms in total. The standard InChI is InChI=1S/C19H25N3O/c1-2-3-7-13-21-19(23)17-10-11-18(22-15-17)20-14-12-16-8-5-4-6-9-16/h4-6,8-11,15H,2-3,7,12-14H2,1H3,(H,20,22)(H,21,23). The van der Waals surface area contributed by atoms with Crippen molar-refractivity contribution in [1.29, 1.82) is 0 Å². The van der Waals surface area contributed by atoms with Crippen LogP contribution in [0.5, 0.6) is 0 Å². The Labute approximate surface area is 138 Å². The van der Waals surface area contributed by atoms with Gasteiger partial charge in [-0.25, -0.2) is 4.98 Å². The molecule has 2 N–H and O–H groups in total. The van der Waals surface area contributed by atoms with Crippen LogP contribution in [-0.2, 0) is 6.42 Å². The number of pyridine rings is 1. The minimum absolute atomic E-state index is 0.0514. The van der Waals surface area contributed by atoms with E-state index in [2.05, 4.69) is 34.7 Å². The molecule has 0 saturated heterocycles. The van der Waals surface area contributed by atoms with E-state index in [1.54, 1.807) is 6.20 Å². The van der Waals surface area contributed by atoms with Gasteiger partial charge in [-0.2, -0.15) is 0 Å². The first-order chi connectivity index (χ1) is 11.3. The highest BCUT2D eigenvalue weighted by molar-refractivity contribution is 5.94. The fourth-order valence-corrected chi connectivity index (χ4v) is 2.29. The molecule has 0 fully saturated rings. The van der Waals surface area contributed by atoms with Gasteiger partial charge >= 0.3 is 0 Å². The van der Waals surface area contributed by atoms with Crippen LogP contribution in [0.3, 0.4) is 0 Å². The number of aromatic nitrogens is 1. The van der Waals surface area contributed by atoms with E-state index in [1.165, 1.54) is 5.56 Å². The van der Waals surface area contributed by atoms with Gasteiger partial charge in [-0.3, -0.25) is 4.79 Å². The third-order valence-electron chi connectivity index (χ3n) is 3.65. The zero-order valence-electron chi connectivity index (χ0n) is 13.7. The Kier molecular flexibility index (Phi) is 7.11. The first kappa shape index (κ1) is 17.0. The Bertz CT molecular complexity index is 581. The lowest BCUT2D eigenvalue weighted by atomic mass is 10.1. The molecule has 0 spiro atoms. The summed E-state index contributed by atoms with van der Waals surface area (Å²) < 4.78 is 0. The summed E-state index contributed by atoms with van der Waals surface area (Å²) in [6.07, 6.45) is 5.89. The average molecular weight is 311 g/mol. The number of benzene rings is 1. The smallest absolute Gasteiger partial charge is 0.252 e. The molecule has 0 unspecified atom stereocenters. The molecular weight excluding hydrogens is 286 g/mol. The van der Waals surface area contributed by atoms with E-state index < -0.39 is 0 Å². The normalized spacial score (nSPS) is 10.3. The molecule has 0 aliphatic rings. The average Bonchev–Trinajstić information content (AvgIpc) is 2.60. The van der Waals surface area contributed by atoms with Crippen LogP contribution in [0.25, 0.3) is 0 Å². The first-order valence-electron chi connectivity index (χ1n) is 8.31. The van der Waals surface area contributed by atoms with Crippen molar-refractivity contribution in [3.05, 3.63) is 59.8 Å². The van der Waals surface area contributed by atoms with Gasteiger partial charge in [0, 0.05) is 19.3 Å². The molecule has 0 aliphatic carbocycles. The van der Waals surface area contributed by atoms with Crippen LogP contribution in [0.4, 0.5) is 5.82 Å². The monoisotopic (exact) mass is 311 g/mol. The highest BCUT2D eigenvalue weighted by Crippen LogP contribution is 2.06. The van der Waals surface area contributed by atoms with Crippen LogP contribution in [0, 0.1) is 0 Å². The zero-order valence-corrected chi connectivity index (χ0v) is 13.7. The van der Waals surface area contributed by atoms with Crippen molar-refractivity contribution >= 4 is 11.7 Å². The number of carbonyl (C=O) groups is 1. The second kappa shape index (κ2) is 9.62. The van der Waals surface area contributed by atoms with Gasteiger partial charge in [-0.05, 0) is 30.5 Å². The molecule has 1 aromatic heterocycles. The van der Waals surface area contributed by atoms with E-state index in [0.29, 0.717) is 5.56 Å². The molecule has 1 heterocycles. The number of hydrogen-bond donors (Lipinski definition) is 2. The van der Waals surface area contributed by atoms with Crippen molar-refractivity contribution in [3.63, 3.8) is 0 Å². The summed E-state index contributed by atoms with van der Waals surface area (Å²) in [7, 11) is 0. The summed E-state index contributed by atoms with van der Waals surface area (Å²) in [6, 6.07) is 14.0.